The van der Waals surface area contributed by atoms with Crippen molar-refractivity contribution in [3.63, 3.8) is 0 Å². The van der Waals surface area contributed by atoms with Crippen molar-refractivity contribution in [1.29, 1.82) is 0 Å². The average Bonchev–Trinajstić information content (AvgIpc) is 2.33. The molecule has 2 nitrogen and oxygen atoms in total. The van der Waals surface area contributed by atoms with Gasteiger partial charge in [0.05, 0.1) is 10.0 Å². The largest absolute Gasteiger partial charge is 0.322 e. The summed E-state index contributed by atoms with van der Waals surface area (Å²) in [7, 11) is 0. The Labute approximate surface area is 86.2 Å². The SMILES string of the molecule is CC(C)=CC(=O)Nc1csc(Cl)c1. The first-order valence-corrected chi connectivity index (χ1v) is 5.03. The summed E-state index contributed by atoms with van der Waals surface area (Å²) in [4.78, 5) is 11.2. The van der Waals surface area contributed by atoms with Crippen molar-refractivity contribution in [2.75, 3.05) is 5.32 Å². The van der Waals surface area contributed by atoms with Crippen LogP contribution >= 0.6 is 22.9 Å². The molecule has 0 unspecified atom stereocenters. The van der Waals surface area contributed by atoms with E-state index in [4.69, 9.17) is 11.6 Å². The van der Waals surface area contributed by atoms with Crippen LogP contribution in [0.4, 0.5) is 5.69 Å². The monoisotopic (exact) mass is 215 g/mol. The van der Waals surface area contributed by atoms with Crippen LogP contribution < -0.4 is 5.32 Å². The molecule has 0 spiro atoms. The van der Waals surface area contributed by atoms with Crippen molar-refractivity contribution in [3.05, 3.63) is 27.4 Å². The summed E-state index contributed by atoms with van der Waals surface area (Å²) in [5.74, 6) is -0.116. The van der Waals surface area contributed by atoms with Crippen LogP contribution in [0, 0.1) is 0 Å². The molecule has 1 amide bonds. The molecule has 0 atom stereocenters. The quantitative estimate of drug-likeness (QED) is 0.754. The van der Waals surface area contributed by atoms with Crippen molar-refractivity contribution >= 4 is 34.5 Å². The van der Waals surface area contributed by atoms with Crippen LogP contribution in [0.25, 0.3) is 0 Å². The maximum absolute atomic E-state index is 11.2. The van der Waals surface area contributed by atoms with Gasteiger partial charge >= 0.3 is 0 Å². The van der Waals surface area contributed by atoms with Gasteiger partial charge in [-0.1, -0.05) is 17.2 Å². The number of thiophene rings is 1. The summed E-state index contributed by atoms with van der Waals surface area (Å²) < 4.78 is 0.674. The molecule has 4 heteroatoms. The van der Waals surface area contributed by atoms with Gasteiger partial charge in [-0.25, -0.2) is 0 Å². The standard InChI is InChI=1S/C9H10ClNOS/c1-6(2)3-9(12)11-7-4-8(10)13-5-7/h3-5H,1-2H3,(H,11,12). The van der Waals surface area contributed by atoms with E-state index in [0.29, 0.717) is 4.34 Å². The molecule has 0 aliphatic rings. The molecule has 1 aromatic rings. The van der Waals surface area contributed by atoms with Gasteiger partial charge in [-0.2, -0.15) is 0 Å². The molecule has 70 valence electrons. The van der Waals surface area contributed by atoms with E-state index in [1.807, 2.05) is 13.8 Å². The zero-order valence-corrected chi connectivity index (χ0v) is 9.00. The molecule has 0 aromatic carbocycles. The summed E-state index contributed by atoms with van der Waals surface area (Å²) in [5.41, 5.74) is 1.72. The molecule has 13 heavy (non-hydrogen) atoms. The van der Waals surface area contributed by atoms with E-state index in [2.05, 4.69) is 5.32 Å². The zero-order chi connectivity index (χ0) is 9.84. The van der Waals surface area contributed by atoms with Gasteiger partial charge in [-0.3, -0.25) is 4.79 Å². The summed E-state index contributed by atoms with van der Waals surface area (Å²) in [6, 6.07) is 1.73. The van der Waals surface area contributed by atoms with Gasteiger partial charge in [0.15, 0.2) is 0 Å². The van der Waals surface area contributed by atoms with Crippen molar-refractivity contribution in [3.8, 4) is 0 Å². The Hall–Kier alpha value is -0.800. The summed E-state index contributed by atoms with van der Waals surface area (Å²) >= 11 is 7.10. The third-order valence-electron chi connectivity index (χ3n) is 1.25. The molecule has 1 rings (SSSR count). The van der Waals surface area contributed by atoms with Crippen LogP contribution in [0.15, 0.2) is 23.1 Å². The zero-order valence-electron chi connectivity index (χ0n) is 7.43. The predicted octanol–water partition coefficient (Wildman–Crippen LogP) is 3.31. The van der Waals surface area contributed by atoms with Crippen molar-refractivity contribution in [2.45, 2.75) is 13.8 Å². The van der Waals surface area contributed by atoms with E-state index in [9.17, 15) is 4.79 Å². The fourth-order valence-corrected chi connectivity index (χ4v) is 1.63. The lowest BCUT2D eigenvalue weighted by atomic mass is 10.3. The lowest BCUT2D eigenvalue weighted by molar-refractivity contribution is -0.111. The fourth-order valence-electron chi connectivity index (χ4n) is 0.816. The predicted molar refractivity (Wildman–Crippen MR) is 57.4 cm³/mol. The van der Waals surface area contributed by atoms with E-state index in [1.54, 1.807) is 17.5 Å². The van der Waals surface area contributed by atoms with Gasteiger partial charge < -0.3 is 5.32 Å². The third kappa shape index (κ3) is 3.61. The molecule has 0 radical (unpaired) electrons. The second-order valence-electron chi connectivity index (χ2n) is 2.85. The minimum Gasteiger partial charge on any atom is -0.322 e. The van der Waals surface area contributed by atoms with E-state index in [1.165, 1.54) is 11.3 Å². The number of allylic oxidation sites excluding steroid dienone is 1. The lowest BCUT2D eigenvalue weighted by Crippen LogP contribution is -2.07. The maximum Gasteiger partial charge on any atom is 0.248 e. The Morgan fingerprint density at radius 1 is 1.62 bits per heavy atom. The summed E-state index contributed by atoms with van der Waals surface area (Å²) in [5, 5.41) is 4.51. The number of amides is 1. The first-order valence-electron chi connectivity index (χ1n) is 3.78. The van der Waals surface area contributed by atoms with Gasteiger partial charge in [0.1, 0.15) is 0 Å². The second kappa shape index (κ2) is 4.44. The van der Waals surface area contributed by atoms with E-state index in [0.717, 1.165) is 11.3 Å². The molecule has 1 heterocycles. The Morgan fingerprint density at radius 3 is 2.77 bits per heavy atom. The third-order valence-corrected chi connectivity index (χ3v) is 2.35. The van der Waals surface area contributed by atoms with Crippen LogP contribution in [-0.2, 0) is 4.79 Å². The topological polar surface area (TPSA) is 29.1 Å². The maximum atomic E-state index is 11.2. The van der Waals surface area contributed by atoms with Crippen molar-refractivity contribution < 1.29 is 4.79 Å². The molecule has 0 saturated heterocycles. The van der Waals surface area contributed by atoms with Gasteiger partial charge in [0, 0.05) is 11.5 Å². The van der Waals surface area contributed by atoms with Gasteiger partial charge in [0.25, 0.3) is 0 Å². The Balaban J connectivity index is 2.60. The van der Waals surface area contributed by atoms with Gasteiger partial charge in [0.2, 0.25) is 5.91 Å². The van der Waals surface area contributed by atoms with E-state index < -0.39 is 0 Å². The number of anilines is 1. The highest BCUT2D eigenvalue weighted by atomic mass is 35.5. The minimum absolute atomic E-state index is 0.116. The molecular formula is C9H10ClNOS. The first kappa shape index (κ1) is 10.3. The van der Waals surface area contributed by atoms with Crippen LogP contribution in [0.5, 0.6) is 0 Å². The molecule has 0 bridgehead atoms. The van der Waals surface area contributed by atoms with Crippen molar-refractivity contribution in [2.24, 2.45) is 0 Å². The number of rotatable bonds is 2. The number of carbonyl (C=O) groups excluding carboxylic acids is 1. The van der Waals surface area contributed by atoms with Crippen LogP contribution in [0.3, 0.4) is 0 Å². The molecule has 0 aliphatic heterocycles. The minimum atomic E-state index is -0.116. The van der Waals surface area contributed by atoms with Gasteiger partial charge in [-0.15, -0.1) is 11.3 Å². The van der Waals surface area contributed by atoms with Crippen LogP contribution in [0.2, 0.25) is 4.34 Å². The molecule has 1 aromatic heterocycles. The lowest BCUT2D eigenvalue weighted by Gasteiger charge is -1.97. The van der Waals surface area contributed by atoms with Crippen molar-refractivity contribution in [1.82, 2.24) is 0 Å². The molecule has 1 N–H and O–H groups in total. The molecular weight excluding hydrogens is 206 g/mol. The summed E-state index contributed by atoms with van der Waals surface area (Å²) in [6.07, 6.45) is 1.55. The van der Waals surface area contributed by atoms with E-state index >= 15 is 0 Å². The smallest absolute Gasteiger partial charge is 0.248 e. The van der Waals surface area contributed by atoms with Crippen LogP contribution in [0.1, 0.15) is 13.8 Å². The average molecular weight is 216 g/mol. The normalized spacial score (nSPS) is 9.46. The van der Waals surface area contributed by atoms with Gasteiger partial charge in [-0.05, 0) is 19.9 Å². The Morgan fingerprint density at radius 2 is 2.31 bits per heavy atom. The second-order valence-corrected chi connectivity index (χ2v) is 4.39. The molecule has 0 saturated carbocycles. The first-order chi connectivity index (χ1) is 6.08. The fraction of sp³-hybridized carbons (Fsp3) is 0.222. The van der Waals surface area contributed by atoms with E-state index in [-0.39, 0.29) is 5.91 Å². The Bertz CT molecular complexity index is 339. The number of hydrogen-bond donors (Lipinski definition) is 1. The summed E-state index contributed by atoms with van der Waals surface area (Å²) in [6.45, 7) is 3.75. The highest BCUT2D eigenvalue weighted by Gasteiger charge is 2.00. The number of halogens is 1. The number of hydrogen-bond acceptors (Lipinski definition) is 2. The molecule has 0 fully saturated rings. The highest BCUT2D eigenvalue weighted by Crippen LogP contribution is 2.23. The highest BCUT2D eigenvalue weighted by molar-refractivity contribution is 7.14. The molecule has 0 aliphatic carbocycles. The number of nitrogens with one attached hydrogen (secondary N) is 1. The van der Waals surface area contributed by atoms with Crippen LogP contribution in [-0.4, -0.2) is 5.91 Å². The Kier molecular flexibility index (Phi) is 3.51. The number of carbonyl (C=O) groups is 1.